The van der Waals surface area contributed by atoms with Gasteiger partial charge in [-0.1, -0.05) is 6.07 Å². The van der Waals surface area contributed by atoms with Crippen molar-refractivity contribution in [2.45, 2.75) is 37.7 Å². The molecule has 4 heterocycles. The van der Waals surface area contributed by atoms with Gasteiger partial charge in [0.1, 0.15) is 41.4 Å². The first-order chi connectivity index (χ1) is 21.3. The van der Waals surface area contributed by atoms with E-state index < -0.39 is 17.2 Å². The number of pyridine rings is 1. The average Bonchev–Trinajstić information content (AvgIpc) is 3.66. The third kappa shape index (κ3) is 6.57. The van der Waals surface area contributed by atoms with Crippen molar-refractivity contribution in [3.8, 4) is 22.4 Å². The largest absolute Gasteiger partial charge is 0.382 e. The van der Waals surface area contributed by atoms with E-state index in [2.05, 4.69) is 25.1 Å². The number of rotatable bonds is 10. The van der Waals surface area contributed by atoms with Gasteiger partial charge in [-0.2, -0.15) is 10.2 Å². The maximum absolute atomic E-state index is 14.8. The van der Waals surface area contributed by atoms with Crippen molar-refractivity contribution in [3.05, 3.63) is 108 Å². The van der Waals surface area contributed by atoms with Crippen LogP contribution in [0.5, 0.6) is 0 Å². The molecule has 44 heavy (non-hydrogen) atoms. The molecule has 6 rings (SSSR count). The highest BCUT2D eigenvalue weighted by Crippen LogP contribution is 2.34. The van der Waals surface area contributed by atoms with Crippen LogP contribution in [0.2, 0.25) is 0 Å². The van der Waals surface area contributed by atoms with Crippen LogP contribution in [0, 0.1) is 17.5 Å². The molecule has 0 saturated carbocycles. The molecule has 1 atom stereocenters. The van der Waals surface area contributed by atoms with E-state index in [-0.39, 0.29) is 30.6 Å². The molecular formula is C32H32F3N7O2. The van der Waals surface area contributed by atoms with Crippen molar-refractivity contribution in [3.63, 3.8) is 0 Å². The highest BCUT2D eigenvalue weighted by Gasteiger charge is 2.36. The molecule has 228 valence electrons. The van der Waals surface area contributed by atoms with Gasteiger partial charge in [-0.05, 0) is 54.8 Å². The minimum absolute atomic E-state index is 0.00675. The quantitative estimate of drug-likeness (QED) is 0.247. The third-order valence-corrected chi connectivity index (χ3v) is 7.96. The molecule has 0 radical (unpaired) electrons. The normalized spacial score (nSPS) is 15.8. The minimum atomic E-state index is -1.66. The fourth-order valence-electron chi connectivity index (χ4n) is 5.79. The molecule has 1 aliphatic rings. The van der Waals surface area contributed by atoms with E-state index in [1.807, 2.05) is 19.3 Å². The Morgan fingerprint density at radius 2 is 1.73 bits per heavy atom. The van der Waals surface area contributed by atoms with Crippen molar-refractivity contribution in [1.82, 2.24) is 34.4 Å². The van der Waals surface area contributed by atoms with E-state index in [1.54, 1.807) is 29.2 Å². The van der Waals surface area contributed by atoms with Gasteiger partial charge in [0.25, 0.3) is 0 Å². The summed E-state index contributed by atoms with van der Waals surface area (Å²) in [6.07, 6.45) is 9.61. The molecule has 1 fully saturated rings. The summed E-state index contributed by atoms with van der Waals surface area (Å²) < 4.78 is 51.6. The Kier molecular flexibility index (Phi) is 8.56. The van der Waals surface area contributed by atoms with Crippen molar-refractivity contribution in [1.29, 1.82) is 0 Å². The van der Waals surface area contributed by atoms with E-state index in [4.69, 9.17) is 4.74 Å². The number of β-amino-alcohol motifs (C(OH)–C–C–N with tert-alkyl or cyclic N) is 1. The Balaban J connectivity index is 1.12. The molecule has 1 aliphatic heterocycles. The summed E-state index contributed by atoms with van der Waals surface area (Å²) in [5, 5.41) is 20.4. The number of piperidine rings is 1. The fraction of sp³-hybridized carbons (Fsp3) is 0.312. The highest BCUT2D eigenvalue weighted by atomic mass is 19.1. The van der Waals surface area contributed by atoms with Gasteiger partial charge in [-0.15, -0.1) is 0 Å². The number of benzene rings is 2. The topological polar surface area (TPSA) is 94.1 Å². The van der Waals surface area contributed by atoms with Gasteiger partial charge in [-0.3, -0.25) is 14.6 Å². The lowest BCUT2D eigenvalue weighted by Gasteiger charge is -2.38. The van der Waals surface area contributed by atoms with Crippen molar-refractivity contribution < 1.29 is 23.0 Å². The zero-order chi connectivity index (χ0) is 30.7. The molecule has 0 amide bonds. The monoisotopic (exact) mass is 603 g/mol. The second kappa shape index (κ2) is 12.7. The van der Waals surface area contributed by atoms with Gasteiger partial charge in [0.2, 0.25) is 0 Å². The molecule has 9 nitrogen and oxygen atoms in total. The van der Waals surface area contributed by atoms with Crippen molar-refractivity contribution in [2.75, 3.05) is 19.6 Å². The Hall–Kier alpha value is -4.39. The van der Waals surface area contributed by atoms with Crippen LogP contribution in [0.25, 0.3) is 22.4 Å². The zero-order valence-corrected chi connectivity index (χ0v) is 24.2. The van der Waals surface area contributed by atoms with Crippen LogP contribution < -0.4 is 0 Å². The van der Waals surface area contributed by atoms with E-state index >= 15 is 0 Å². The fourth-order valence-corrected chi connectivity index (χ4v) is 5.79. The number of aliphatic hydroxyl groups is 1. The van der Waals surface area contributed by atoms with Gasteiger partial charge < -0.3 is 9.84 Å². The van der Waals surface area contributed by atoms with Crippen LogP contribution in [-0.2, 0) is 30.5 Å². The predicted molar refractivity (Wildman–Crippen MR) is 156 cm³/mol. The molecule has 3 aromatic heterocycles. The second-order valence-corrected chi connectivity index (χ2v) is 11.1. The maximum Gasteiger partial charge on any atom is 0.137 e. The number of hydrogen-bond acceptors (Lipinski definition) is 7. The van der Waals surface area contributed by atoms with E-state index in [0.29, 0.717) is 32.5 Å². The molecule has 1 saturated heterocycles. The maximum atomic E-state index is 14.8. The summed E-state index contributed by atoms with van der Waals surface area (Å²) in [7, 11) is 1.85. The highest BCUT2D eigenvalue weighted by molar-refractivity contribution is 5.81. The zero-order valence-electron chi connectivity index (χ0n) is 24.2. The van der Waals surface area contributed by atoms with Gasteiger partial charge in [0.05, 0.1) is 19.3 Å². The first-order valence-corrected chi connectivity index (χ1v) is 14.3. The first kappa shape index (κ1) is 29.7. The summed E-state index contributed by atoms with van der Waals surface area (Å²) in [6, 6.07) is 11.4. The third-order valence-electron chi connectivity index (χ3n) is 7.96. The Morgan fingerprint density at radius 3 is 2.45 bits per heavy atom. The number of likely N-dealkylation sites (tertiary alicyclic amines) is 1. The lowest BCUT2D eigenvalue weighted by molar-refractivity contribution is -0.0489. The molecule has 1 N–H and O–H groups in total. The number of nitrogens with zero attached hydrogens (tertiary/aromatic N) is 7. The van der Waals surface area contributed by atoms with Crippen molar-refractivity contribution in [2.24, 2.45) is 7.05 Å². The Labute approximate surface area is 252 Å². The van der Waals surface area contributed by atoms with Crippen LogP contribution in [0.3, 0.4) is 0 Å². The number of hydrogen-bond donors (Lipinski definition) is 1. The Morgan fingerprint density at radius 1 is 0.955 bits per heavy atom. The van der Waals surface area contributed by atoms with Crippen LogP contribution in [-0.4, -0.2) is 65.3 Å². The van der Waals surface area contributed by atoms with E-state index in [1.165, 1.54) is 35.5 Å². The standard InChI is InChI=1S/C32H32F3N7O2/c1-40-16-28(31(39-40)22-2-4-24(33)5-3-22)27-8-11-36-15-23(27)17-44-26-9-12-41(13-10-26)18-32(43,19-42-21-37-20-38-42)29-7-6-25(34)14-30(29)35/h2-8,11,14-16,20-21,26,43H,9-10,12-13,17-19H2,1H3. The number of halogens is 3. The summed E-state index contributed by atoms with van der Waals surface area (Å²) in [6.45, 7) is 1.66. The number of ether oxygens (including phenoxy) is 1. The molecule has 0 aliphatic carbocycles. The van der Waals surface area contributed by atoms with Crippen LogP contribution in [0.1, 0.15) is 24.0 Å². The molecule has 0 bridgehead atoms. The molecule has 5 aromatic rings. The predicted octanol–water partition coefficient (Wildman–Crippen LogP) is 4.73. The number of aromatic nitrogens is 6. The number of aryl methyl sites for hydroxylation is 1. The van der Waals surface area contributed by atoms with E-state index in [0.717, 1.165) is 40.1 Å². The first-order valence-electron chi connectivity index (χ1n) is 14.3. The molecule has 2 aromatic carbocycles. The summed E-state index contributed by atoms with van der Waals surface area (Å²) in [4.78, 5) is 10.3. The summed E-state index contributed by atoms with van der Waals surface area (Å²) >= 11 is 0. The smallest absolute Gasteiger partial charge is 0.137 e. The van der Waals surface area contributed by atoms with E-state index in [9.17, 15) is 18.3 Å². The van der Waals surface area contributed by atoms with Crippen molar-refractivity contribution >= 4 is 0 Å². The average molecular weight is 604 g/mol. The van der Waals surface area contributed by atoms with Crippen LogP contribution in [0.4, 0.5) is 13.2 Å². The lowest BCUT2D eigenvalue weighted by atomic mass is 9.91. The molecule has 12 heteroatoms. The summed E-state index contributed by atoms with van der Waals surface area (Å²) in [5.74, 6) is -1.83. The van der Waals surface area contributed by atoms with Crippen LogP contribution in [0.15, 0.2) is 79.8 Å². The lowest BCUT2D eigenvalue weighted by Crippen LogP contribution is -2.48. The van der Waals surface area contributed by atoms with Gasteiger partial charge in [0, 0.05) is 73.6 Å². The Bertz CT molecular complexity index is 1700. The van der Waals surface area contributed by atoms with Gasteiger partial charge >= 0.3 is 0 Å². The minimum Gasteiger partial charge on any atom is -0.382 e. The SMILES string of the molecule is Cn1cc(-c2ccncc2COC2CCN(CC(O)(Cn3cncn3)c3ccc(F)cc3F)CC2)c(-c2ccc(F)cc2)n1. The van der Waals surface area contributed by atoms with Gasteiger partial charge in [0.15, 0.2) is 0 Å². The molecule has 1 unspecified atom stereocenters. The second-order valence-electron chi connectivity index (χ2n) is 11.1. The molecule has 0 spiro atoms. The molecular weight excluding hydrogens is 571 g/mol. The van der Waals surface area contributed by atoms with Gasteiger partial charge in [-0.25, -0.2) is 22.8 Å². The summed E-state index contributed by atoms with van der Waals surface area (Å²) in [5.41, 5.74) is 2.63. The van der Waals surface area contributed by atoms with Crippen LogP contribution >= 0.6 is 0 Å².